The summed E-state index contributed by atoms with van der Waals surface area (Å²) >= 11 is 0. The van der Waals surface area contributed by atoms with Crippen LogP contribution in [0.25, 0.3) is 0 Å². The van der Waals surface area contributed by atoms with Gasteiger partial charge in [-0.1, -0.05) is 6.42 Å². The summed E-state index contributed by atoms with van der Waals surface area (Å²) in [6.45, 7) is 4.50. The van der Waals surface area contributed by atoms with Crippen LogP contribution in [0.4, 0.5) is 0 Å². The predicted octanol–water partition coefficient (Wildman–Crippen LogP) is 1.98. The van der Waals surface area contributed by atoms with Crippen LogP contribution in [-0.2, 0) is 4.79 Å². The molecule has 2 heterocycles. The Labute approximate surface area is 129 Å². The Hall–Kier alpha value is -0.610. The Morgan fingerprint density at radius 2 is 1.43 bits per heavy atom. The molecular formula is C17H31N3O. The van der Waals surface area contributed by atoms with Crippen LogP contribution in [0.1, 0.15) is 57.8 Å². The third-order valence-corrected chi connectivity index (χ3v) is 5.80. The Morgan fingerprint density at radius 1 is 0.810 bits per heavy atom. The predicted molar refractivity (Wildman–Crippen MR) is 85.0 cm³/mol. The van der Waals surface area contributed by atoms with Crippen molar-refractivity contribution in [3.05, 3.63) is 0 Å². The molecule has 0 radical (unpaired) electrons. The summed E-state index contributed by atoms with van der Waals surface area (Å²) in [5, 5.41) is 0. The van der Waals surface area contributed by atoms with Crippen molar-refractivity contribution in [1.29, 1.82) is 0 Å². The van der Waals surface area contributed by atoms with E-state index >= 15 is 0 Å². The van der Waals surface area contributed by atoms with E-state index < -0.39 is 0 Å². The van der Waals surface area contributed by atoms with Crippen molar-refractivity contribution >= 4 is 5.91 Å². The van der Waals surface area contributed by atoms with Crippen LogP contribution in [0.2, 0.25) is 0 Å². The summed E-state index contributed by atoms with van der Waals surface area (Å²) in [4.78, 5) is 17.4. The number of likely N-dealkylation sites (tertiary alicyclic amines) is 2. The number of nitrogens with two attached hydrogens (primary N) is 1. The maximum absolute atomic E-state index is 12.6. The largest absolute Gasteiger partial charge is 0.342 e. The summed E-state index contributed by atoms with van der Waals surface area (Å²) in [7, 11) is 0. The molecule has 1 amide bonds. The van der Waals surface area contributed by atoms with Gasteiger partial charge in [-0.25, -0.2) is 0 Å². The molecule has 21 heavy (non-hydrogen) atoms. The standard InChI is InChI=1S/C17H31N3O/c18-15-6-4-14(5-7-15)17(21)20-12-8-16(9-13-20)19-10-2-1-3-11-19/h14-16H,1-13,18H2. The van der Waals surface area contributed by atoms with Crippen molar-refractivity contribution in [1.82, 2.24) is 9.80 Å². The van der Waals surface area contributed by atoms with Gasteiger partial charge in [0.25, 0.3) is 0 Å². The van der Waals surface area contributed by atoms with E-state index in [0.29, 0.717) is 11.9 Å². The number of piperidine rings is 2. The third-order valence-electron chi connectivity index (χ3n) is 5.80. The minimum absolute atomic E-state index is 0.260. The van der Waals surface area contributed by atoms with E-state index in [4.69, 9.17) is 5.73 Å². The van der Waals surface area contributed by atoms with Gasteiger partial charge in [0.05, 0.1) is 0 Å². The molecule has 2 saturated heterocycles. The van der Waals surface area contributed by atoms with Crippen molar-refractivity contribution in [3.63, 3.8) is 0 Å². The average Bonchev–Trinajstić information content (AvgIpc) is 2.56. The molecule has 0 unspecified atom stereocenters. The minimum Gasteiger partial charge on any atom is -0.342 e. The summed E-state index contributed by atoms with van der Waals surface area (Å²) in [6, 6.07) is 1.06. The molecular weight excluding hydrogens is 262 g/mol. The first kappa shape index (κ1) is 15.3. The zero-order valence-corrected chi connectivity index (χ0v) is 13.3. The number of amides is 1. The SMILES string of the molecule is NC1CCC(C(=O)N2CCC(N3CCCCC3)CC2)CC1. The van der Waals surface area contributed by atoms with Crippen LogP contribution in [0, 0.1) is 5.92 Å². The molecule has 3 fully saturated rings. The van der Waals surface area contributed by atoms with Gasteiger partial charge >= 0.3 is 0 Å². The summed E-state index contributed by atoms with van der Waals surface area (Å²) < 4.78 is 0. The fourth-order valence-electron chi connectivity index (χ4n) is 4.36. The van der Waals surface area contributed by atoms with E-state index in [1.807, 2.05) is 0 Å². The highest BCUT2D eigenvalue weighted by molar-refractivity contribution is 5.79. The van der Waals surface area contributed by atoms with Crippen LogP contribution in [0.5, 0.6) is 0 Å². The summed E-state index contributed by atoms with van der Waals surface area (Å²) in [5.41, 5.74) is 5.95. The van der Waals surface area contributed by atoms with Crippen LogP contribution < -0.4 is 5.73 Å². The molecule has 2 aliphatic heterocycles. The molecule has 4 heteroatoms. The zero-order chi connectivity index (χ0) is 14.7. The van der Waals surface area contributed by atoms with Crippen LogP contribution >= 0.6 is 0 Å². The fraction of sp³-hybridized carbons (Fsp3) is 0.941. The lowest BCUT2D eigenvalue weighted by molar-refractivity contribution is -0.138. The van der Waals surface area contributed by atoms with Gasteiger partial charge in [-0.05, 0) is 64.5 Å². The van der Waals surface area contributed by atoms with Crippen LogP contribution in [0.15, 0.2) is 0 Å². The molecule has 0 aromatic carbocycles. The summed E-state index contributed by atoms with van der Waals surface area (Å²) in [6.07, 6.45) is 10.6. The van der Waals surface area contributed by atoms with Gasteiger partial charge in [0.1, 0.15) is 0 Å². The second-order valence-electron chi connectivity index (χ2n) is 7.26. The van der Waals surface area contributed by atoms with E-state index in [1.165, 1.54) is 45.2 Å². The van der Waals surface area contributed by atoms with Crippen LogP contribution in [-0.4, -0.2) is 54.0 Å². The molecule has 0 spiro atoms. The molecule has 1 aliphatic carbocycles. The molecule has 2 N–H and O–H groups in total. The lowest BCUT2D eigenvalue weighted by atomic mass is 9.85. The van der Waals surface area contributed by atoms with Crippen molar-refractivity contribution in [2.45, 2.75) is 69.9 Å². The lowest BCUT2D eigenvalue weighted by Gasteiger charge is -2.41. The van der Waals surface area contributed by atoms with Gasteiger partial charge in [-0.3, -0.25) is 4.79 Å². The molecule has 0 aromatic heterocycles. The van der Waals surface area contributed by atoms with Gasteiger partial charge in [0, 0.05) is 31.1 Å². The van der Waals surface area contributed by atoms with Gasteiger partial charge < -0.3 is 15.5 Å². The highest BCUT2D eigenvalue weighted by atomic mass is 16.2. The third kappa shape index (κ3) is 3.78. The zero-order valence-electron chi connectivity index (χ0n) is 13.3. The molecule has 0 atom stereocenters. The smallest absolute Gasteiger partial charge is 0.225 e. The van der Waals surface area contributed by atoms with Crippen molar-refractivity contribution in [2.24, 2.45) is 11.7 Å². The number of carbonyl (C=O) groups excluding carboxylic acids is 1. The fourth-order valence-corrected chi connectivity index (χ4v) is 4.36. The first-order chi connectivity index (χ1) is 10.2. The van der Waals surface area contributed by atoms with Gasteiger partial charge in [-0.2, -0.15) is 0 Å². The molecule has 0 bridgehead atoms. The molecule has 3 rings (SSSR count). The molecule has 0 aromatic rings. The number of hydrogen-bond acceptors (Lipinski definition) is 3. The maximum atomic E-state index is 12.6. The first-order valence-corrected chi connectivity index (χ1v) is 9.02. The minimum atomic E-state index is 0.260. The maximum Gasteiger partial charge on any atom is 0.225 e. The number of carbonyl (C=O) groups is 1. The Bertz CT molecular complexity index is 338. The lowest BCUT2D eigenvalue weighted by Crippen LogP contribution is -2.49. The molecule has 3 aliphatic rings. The topological polar surface area (TPSA) is 49.6 Å². The van der Waals surface area contributed by atoms with Crippen molar-refractivity contribution in [3.8, 4) is 0 Å². The van der Waals surface area contributed by atoms with Gasteiger partial charge in [0.2, 0.25) is 5.91 Å². The number of nitrogens with zero attached hydrogens (tertiary/aromatic N) is 2. The van der Waals surface area contributed by atoms with Crippen molar-refractivity contribution in [2.75, 3.05) is 26.2 Å². The first-order valence-electron chi connectivity index (χ1n) is 9.02. The van der Waals surface area contributed by atoms with E-state index in [0.717, 1.165) is 44.8 Å². The Balaban J connectivity index is 1.45. The van der Waals surface area contributed by atoms with Crippen molar-refractivity contribution < 1.29 is 4.79 Å². The highest BCUT2D eigenvalue weighted by Crippen LogP contribution is 2.27. The number of hydrogen-bond donors (Lipinski definition) is 1. The average molecular weight is 293 g/mol. The second kappa shape index (κ2) is 7.10. The van der Waals surface area contributed by atoms with E-state index in [1.54, 1.807) is 0 Å². The number of rotatable bonds is 2. The van der Waals surface area contributed by atoms with Crippen LogP contribution in [0.3, 0.4) is 0 Å². The quantitative estimate of drug-likeness (QED) is 0.847. The molecule has 120 valence electrons. The summed E-state index contributed by atoms with van der Waals surface area (Å²) in [5.74, 6) is 0.676. The molecule has 1 saturated carbocycles. The van der Waals surface area contributed by atoms with E-state index in [2.05, 4.69) is 9.80 Å². The highest BCUT2D eigenvalue weighted by Gasteiger charge is 2.32. The van der Waals surface area contributed by atoms with E-state index in [9.17, 15) is 4.79 Å². The normalized spacial score (nSPS) is 33.1. The molecule has 4 nitrogen and oxygen atoms in total. The second-order valence-corrected chi connectivity index (χ2v) is 7.26. The van der Waals surface area contributed by atoms with E-state index in [-0.39, 0.29) is 5.92 Å². The van der Waals surface area contributed by atoms with Gasteiger partial charge in [-0.15, -0.1) is 0 Å². The Morgan fingerprint density at radius 3 is 2.05 bits per heavy atom. The monoisotopic (exact) mass is 293 g/mol. The van der Waals surface area contributed by atoms with Gasteiger partial charge in [0.15, 0.2) is 0 Å². The Kier molecular flexibility index (Phi) is 5.17.